The molecule has 0 atom stereocenters. The van der Waals surface area contributed by atoms with Crippen molar-refractivity contribution in [1.29, 1.82) is 0 Å². The molecular formula is C25H18BrI2NO4. The van der Waals surface area contributed by atoms with E-state index in [1.165, 1.54) is 0 Å². The number of carbonyl (C=O) groups excluding carboxylic acids is 1. The number of halogens is 3. The molecule has 5 nitrogen and oxygen atoms in total. The van der Waals surface area contributed by atoms with Gasteiger partial charge >= 0.3 is 5.97 Å². The summed E-state index contributed by atoms with van der Waals surface area (Å²) in [5, 5.41) is 0. The van der Waals surface area contributed by atoms with Crippen molar-refractivity contribution in [2.75, 3.05) is 6.61 Å². The summed E-state index contributed by atoms with van der Waals surface area (Å²) in [5.74, 6) is 1.09. The lowest BCUT2D eigenvalue weighted by molar-refractivity contribution is -0.129. The third-order valence-corrected chi connectivity index (χ3v) is 7.06. The molecule has 3 aromatic carbocycles. The van der Waals surface area contributed by atoms with Crippen LogP contribution >= 0.6 is 61.1 Å². The lowest BCUT2D eigenvalue weighted by atomic mass is 10.1. The minimum absolute atomic E-state index is 0.235. The molecule has 0 unspecified atom stereocenters. The minimum atomic E-state index is -0.486. The van der Waals surface area contributed by atoms with E-state index in [0.717, 1.165) is 28.3 Å². The summed E-state index contributed by atoms with van der Waals surface area (Å²) in [4.78, 5) is 16.8. The highest BCUT2D eigenvalue weighted by Gasteiger charge is 2.24. The van der Waals surface area contributed by atoms with E-state index in [1.807, 2.05) is 67.6 Å². The van der Waals surface area contributed by atoms with Crippen molar-refractivity contribution >= 4 is 79.1 Å². The van der Waals surface area contributed by atoms with E-state index in [0.29, 0.717) is 24.7 Å². The summed E-state index contributed by atoms with van der Waals surface area (Å²) in [6, 6.07) is 19.3. The Hall–Kier alpha value is -1.92. The first-order valence-corrected chi connectivity index (χ1v) is 13.0. The predicted molar refractivity (Wildman–Crippen MR) is 149 cm³/mol. The van der Waals surface area contributed by atoms with Gasteiger partial charge in [0.15, 0.2) is 17.2 Å². The Morgan fingerprint density at radius 1 is 1.03 bits per heavy atom. The Bertz CT molecular complexity index is 1260. The summed E-state index contributed by atoms with van der Waals surface area (Å²) in [6.45, 7) is 2.84. The van der Waals surface area contributed by atoms with Gasteiger partial charge in [0.25, 0.3) is 0 Å². The first-order chi connectivity index (χ1) is 15.9. The first-order valence-electron chi connectivity index (χ1n) is 10.1. The van der Waals surface area contributed by atoms with Gasteiger partial charge in [0.2, 0.25) is 5.90 Å². The lowest BCUT2D eigenvalue weighted by Gasteiger charge is -2.15. The van der Waals surface area contributed by atoms with Gasteiger partial charge in [-0.15, -0.1) is 0 Å². The number of esters is 1. The van der Waals surface area contributed by atoms with E-state index in [9.17, 15) is 4.79 Å². The van der Waals surface area contributed by atoms with Crippen molar-refractivity contribution in [2.24, 2.45) is 4.99 Å². The van der Waals surface area contributed by atoms with Crippen LogP contribution < -0.4 is 9.47 Å². The van der Waals surface area contributed by atoms with Crippen molar-refractivity contribution in [3.63, 3.8) is 0 Å². The number of cyclic esters (lactones) is 1. The highest BCUT2D eigenvalue weighted by atomic mass is 127. The molecule has 3 aromatic rings. The molecule has 1 aliphatic heterocycles. The van der Waals surface area contributed by atoms with E-state index in [1.54, 1.807) is 6.08 Å². The molecule has 0 radical (unpaired) electrons. The zero-order valence-corrected chi connectivity index (χ0v) is 23.4. The molecule has 1 aliphatic rings. The second-order valence-corrected chi connectivity index (χ2v) is 10.2. The molecule has 4 rings (SSSR count). The maximum Gasteiger partial charge on any atom is 0.363 e. The van der Waals surface area contributed by atoms with Crippen LogP contribution in [-0.4, -0.2) is 18.5 Å². The van der Waals surface area contributed by atoms with Gasteiger partial charge in [-0.3, -0.25) is 0 Å². The molecule has 0 saturated carbocycles. The number of nitrogens with zero attached hydrogens (tertiary/aromatic N) is 1. The van der Waals surface area contributed by atoms with Crippen LogP contribution in [0, 0.1) is 7.14 Å². The van der Waals surface area contributed by atoms with Gasteiger partial charge in [-0.25, -0.2) is 9.79 Å². The van der Waals surface area contributed by atoms with E-state index < -0.39 is 5.97 Å². The average Bonchev–Trinajstić information content (AvgIpc) is 3.15. The van der Waals surface area contributed by atoms with E-state index in [4.69, 9.17) is 14.2 Å². The smallest absolute Gasteiger partial charge is 0.363 e. The lowest BCUT2D eigenvalue weighted by Crippen LogP contribution is -2.05. The molecular weight excluding hydrogens is 712 g/mol. The fraction of sp³-hybridized carbons (Fsp3) is 0.120. The molecule has 0 bridgehead atoms. The van der Waals surface area contributed by atoms with E-state index in [-0.39, 0.29) is 11.6 Å². The number of benzene rings is 3. The first kappa shape index (κ1) is 24.2. The molecule has 0 spiro atoms. The van der Waals surface area contributed by atoms with Crippen molar-refractivity contribution < 1.29 is 19.0 Å². The zero-order chi connectivity index (χ0) is 23.4. The zero-order valence-electron chi connectivity index (χ0n) is 17.5. The van der Waals surface area contributed by atoms with Crippen LogP contribution in [0.3, 0.4) is 0 Å². The summed E-state index contributed by atoms with van der Waals surface area (Å²) in [6.07, 6.45) is 1.70. The third kappa shape index (κ3) is 5.96. The Morgan fingerprint density at radius 2 is 1.79 bits per heavy atom. The predicted octanol–water partition coefficient (Wildman–Crippen LogP) is 6.98. The van der Waals surface area contributed by atoms with E-state index >= 15 is 0 Å². The second-order valence-electron chi connectivity index (χ2n) is 6.99. The fourth-order valence-electron chi connectivity index (χ4n) is 3.12. The number of carbonyl (C=O) groups is 1. The summed E-state index contributed by atoms with van der Waals surface area (Å²) >= 11 is 7.92. The molecule has 0 amide bonds. The maximum atomic E-state index is 12.4. The summed E-state index contributed by atoms with van der Waals surface area (Å²) in [7, 11) is 0. The van der Waals surface area contributed by atoms with Crippen LogP contribution in [0.2, 0.25) is 0 Å². The highest BCUT2D eigenvalue weighted by molar-refractivity contribution is 14.1. The van der Waals surface area contributed by atoms with Crippen LogP contribution in [0.25, 0.3) is 6.08 Å². The highest BCUT2D eigenvalue weighted by Crippen LogP contribution is 2.36. The molecule has 1 heterocycles. The number of hydrogen-bond donors (Lipinski definition) is 0. The summed E-state index contributed by atoms with van der Waals surface area (Å²) in [5.41, 5.74) is 2.85. The van der Waals surface area contributed by atoms with Gasteiger partial charge in [0, 0.05) is 19.2 Å². The molecule has 33 heavy (non-hydrogen) atoms. The number of ether oxygens (including phenoxy) is 3. The Balaban J connectivity index is 1.61. The van der Waals surface area contributed by atoms with Gasteiger partial charge < -0.3 is 14.2 Å². The normalized spacial score (nSPS) is 14.2. The number of rotatable bonds is 7. The SMILES string of the molecule is CCOc1cc(/C=C2\N=C(c3ccc(Br)cc3)OC2=O)cc(I)c1OCc1ccccc1I. The van der Waals surface area contributed by atoms with E-state index in [2.05, 4.69) is 66.1 Å². The van der Waals surface area contributed by atoms with Gasteiger partial charge in [0.05, 0.1) is 10.2 Å². The van der Waals surface area contributed by atoms with Crippen molar-refractivity contribution in [3.05, 3.63) is 94.7 Å². The molecule has 0 N–H and O–H groups in total. The van der Waals surface area contributed by atoms with Gasteiger partial charge in [-0.05, 0) is 106 Å². The molecule has 168 valence electrons. The van der Waals surface area contributed by atoms with Gasteiger partial charge in [-0.2, -0.15) is 0 Å². The number of aliphatic imine (C=N–C) groups is 1. The quantitative estimate of drug-likeness (QED) is 0.150. The summed E-state index contributed by atoms with van der Waals surface area (Å²) < 4.78 is 20.3. The van der Waals surface area contributed by atoms with Gasteiger partial charge in [-0.1, -0.05) is 34.1 Å². The average molecular weight is 730 g/mol. The molecule has 8 heteroatoms. The van der Waals surface area contributed by atoms with Gasteiger partial charge in [0.1, 0.15) is 6.61 Å². The third-order valence-electron chi connectivity index (χ3n) is 4.68. The standard InChI is InChI=1S/C25H18BrI2NO4/c1-2-31-22-13-15(11-20(28)23(22)32-14-17-5-3-4-6-19(17)27)12-21-25(30)33-24(29-21)16-7-9-18(26)10-8-16/h3-13H,2,14H2,1H3/b21-12-. The Labute approximate surface area is 227 Å². The van der Waals surface area contributed by atoms with Crippen LogP contribution in [0.5, 0.6) is 11.5 Å². The van der Waals surface area contributed by atoms with Crippen molar-refractivity contribution in [2.45, 2.75) is 13.5 Å². The minimum Gasteiger partial charge on any atom is -0.490 e. The number of hydrogen-bond acceptors (Lipinski definition) is 5. The topological polar surface area (TPSA) is 57.1 Å². The van der Waals surface area contributed by atoms with Crippen LogP contribution in [-0.2, 0) is 16.1 Å². The van der Waals surface area contributed by atoms with Crippen LogP contribution in [0.1, 0.15) is 23.6 Å². The monoisotopic (exact) mass is 729 g/mol. The van der Waals surface area contributed by atoms with Crippen LogP contribution in [0.15, 0.2) is 75.8 Å². The molecule has 0 aromatic heterocycles. The second kappa shape index (κ2) is 11.0. The molecule has 0 aliphatic carbocycles. The maximum absolute atomic E-state index is 12.4. The van der Waals surface area contributed by atoms with Crippen molar-refractivity contribution in [3.8, 4) is 11.5 Å². The molecule has 0 saturated heterocycles. The Morgan fingerprint density at radius 3 is 2.52 bits per heavy atom. The van der Waals surface area contributed by atoms with Crippen LogP contribution in [0.4, 0.5) is 0 Å². The fourth-order valence-corrected chi connectivity index (χ4v) is 4.71. The Kier molecular flexibility index (Phi) is 8.07. The molecule has 0 fully saturated rings. The van der Waals surface area contributed by atoms with Crippen molar-refractivity contribution in [1.82, 2.24) is 0 Å². The largest absolute Gasteiger partial charge is 0.490 e.